The highest BCUT2D eigenvalue weighted by Gasteiger charge is 2.46. The van der Waals surface area contributed by atoms with E-state index in [1.54, 1.807) is 29.4 Å². The number of imide groups is 1. The number of ether oxygens (including phenoxy) is 1. The van der Waals surface area contributed by atoms with Gasteiger partial charge in [-0.25, -0.2) is 19.7 Å². The van der Waals surface area contributed by atoms with E-state index in [0.717, 1.165) is 5.56 Å². The summed E-state index contributed by atoms with van der Waals surface area (Å²) in [4.78, 5) is 42.8. The fourth-order valence-electron chi connectivity index (χ4n) is 5.22. The van der Waals surface area contributed by atoms with Crippen LogP contribution in [0.25, 0.3) is 11.2 Å². The van der Waals surface area contributed by atoms with Crippen LogP contribution in [0.1, 0.15) is 30.2 Å². The van der Waals surface area contributed by atoms with Crippen LogP contribution in [0.15, 0.2) is 61.2 Å². The van der Waals surface area contributed by atoms with Crippen molar-refractivity contribution in [3.05, 3.63) is 82.4 Å². The zero-order valence-corrected chi connectivity index (χ0v) is 22.3. The largest absolute Gasteiger partial charge is 0.382 e. The van der Waals surface area contributed by atoms with Gasteiger partial charge in [-0.15, -0.1) is 0 Å². The van der Waals surface area contributed by atoms with Crippen LogP contribution < -0.4 is 5.73 Å². The van der Waals surface area contributed by atoms with Crippen LogP contribution in [0.2, 0.25) is 10.0 Å². The monoisotopic (exact) mass is 565 g/mol. The lowest BCUT2D eigenvalue weighted by Crippen LogP contribution is -2.38. The third-order valence-corrected chi connectivity index (χ3v) is 7.79. The third kappa shape index (κ3) is 4.91. The number of urea groups is 1. The normalized spacial score (nSPS) is 21.4. The zero-order valence-electron chi connectivity index (χ0n) is 20.8. The van der Waals surface area contributed by atoms with E-state index < -0.39 is 6.04 Å². The maximum absolute atomic E-state index is 13.7. The molecule has 0 radical (unpaired) electrons. The maximum Gasteiger partial charge on any atom is 0.327 e. The second-order valence-electron chi connectivity index (χ2n) is 9.67. The number of hydrogen-bond acceptors (Lipinski definition) is 7. The number of imidazole rings is 1. The van der Waals surface area contributed by atoms with Gasteiger partial charge >= 0.3 is 6.03 Å². The summed E-state index contributed by atoms with van der Waals surface area (Å²) in [5.41, 5.74) is 8.68. The van der Waals surface area contributed by atoms with Crippen molar-refractivity contribution in [1.82, 2.24) is 29.3 Å². The van der Waals surface area contributed by atoms with E-state index >= 15 is 0 Å². The van der Waals surface area contributed by atoms with E-state index in [1.165, 1.54) is 11.2 Å². The van der Waals surface area contributed by atoms with Crippen LogP contribution in [0.3, 0.4) is 0 Å². The molecule has 39 heavy (non-hydrogen) atoms. The number of nitrogens with zero attached hydrogens (tertiary/aromatic N) is 6. The molecule has 0 aliphatic carbocycles. The molecule has 2 aromatic carbocycles. The van der Waals surface area contributed by atoms with Crippen molar-refractivity contribution in [3.63, 3.8) is 0 Å². The number of benzene rings is 2. The molecule has 0 spiro atoms. The summed E-state index contributed by atoms with van der Waals surface area (Å²) in [5.74, 6) is 0.0430. The van der Waals surface area contributed by atoms with Gasteiger partial charge in [-0.2, -0.15) is 0 Å². The molecule has 4 heterocycles. The van der Waals surface area contributed by atoms with E-state index in [2.05, 4.69) is 15.0 Å². The van der Waals surface area contributed by atoms with Crippen molar-refractivity contribution in [2.45, 2.75) is 44.2 Å². The van der Waals surface area contributed by atoms with Gasteiger partial charge in [0.15, 0.2) is 11.5 Å². The van der Waals surface area contributed by atoms with Crippen molar-refractivity contribution in [2.24, 2.45) is 0 Å². The number of nitrogens with two attached hydrogens (primary N) is 1. The summed E-state index contributed by atoms with van der Waals surface area (Å²) >= 11 is 12.5. The van der Waals surface area contributed by atoms with Gasteiger partial charge < -0.3 is 15.4 Å². The fourth-order valence-corrected chi connectivity index (χ4v) is 5.69. The maximum atomic E-state index is 13.7. The molecular formula is C27H25Cl2N7O3. The molecular weight excluding hydrogens is 541 g/mol. The number of rotatable bonds is 7. The van der Waals surface area contributed by atoms with Crippen LogP contribution in [0.5, 0.6) is 0 Å². The zero-order chi connectivity index (χ0) is 27.1. The number of carbonyl (C=O) groups is 2. The number of amides is 3. The van der Waals surface area contributed by atoms with Gasteiger partial charge in [-0.3, -0.25) is 14.3 Å². The Balaban J connectivity index is 1.22. The van der Waals surface area contributed by atoms with Crippen LogP contribution in [0, 0.1) is 0 Å². The lowest BCUT2D eigenvalue weighted by Gasteiger charge is -2.23. The van der Waals surface area contributed by atoms with E-state index in [4.69, 9.17) is 33.7 Å². The molecule has 200 valence electrons. The first-order valence-corrected chi connectivity index (χ1v) is 13.3. The van der Waals surface area contributed by atoms with Gasteiger partial charge in [0.2, 0.25) is 0 Å². The number of fused-ring (bicyclic) bond motifs is 1. The van der Waals surface area contributed by atoms with Gasteiger partial charge in [0, 0.05) is 23.0 Å². The van der Waals surface area contributed by atoms with Crippen molar-refractivity contribution in [3.8, 4) is 0 Å². The van der Waals surface area contributed by atoms with Crippen LogP contribution in [-0.2, 0) is 22.5 Å². The molecule has 2 fully saturated rings. The summed E-state index contributed by atoms with van der Waals surface area (Å²) in [7, 11) is 0. The number of aromatic nitrogens is 4. The Labute approximate surface area is 234 Å². The first kappa shape index (κ1) is 25.5. The first-order chi connectivity index (χ1) is 18.9. The van der Waals surface area contributed by atoms with E-state index in [9.17, 15) is 9.59 Å². The van der Waals surface area contributed by atoms with Gasteiger partial charge in [0.1, 0.15) is 24.1 Å². The Morgan fingerprint density at radius 2 is 1.85 bits per heavy atom. The molecule has 2 aliphatic rings. The average molecular weight is 566 g/mol. The molecule has 0 saturated carbocycles. The molecule has 4 aromatic rings. The molecule has 3 atom stereocenters. The number of nitrogen functional groups attached to an aromatic ring is 1. The summed E-state index contributed by atoms with van der Waals surface area (Å²) in [6, 6.07) is 13.7. The standard InChI is InChI=1S/C27H25Cl2N7O3/c28-18-7-6-17(20(29)11-18)12-34-21(10-16-4-2-1-3-5-16)26(37)35(27(34)38)13-19-8-9-22(39-19)36-15-33-23-24(30)31-14-32-25(23)36/h1-7,11,14-15,19,21-22H,8-10,12-13H2,(H2,30,31,32)/t19-,21-,22+/m0/s1. The Bertz CT molecular complexity index is 1550. The topological polar surface area (TPSA) is 119 Å². The average Bonchev–Trinajstić information content (AvgIpc) is 3.62. The van der Waals surface area contributed by atoms with Crippen molar-refractivity contribution in [2.75, 3.05) is 12.3 Å². The SMILES string of the molecule is Nc1ncnc2c1ncn2[C@H]1CC[C@@H](CN2C(=O)[C@H](Cc3ccccc3)N(Cc3ccc(Cl)cc3Cl)C2=O)O1. The molecule has 2 N–H and O–H groups in total. The second kappa shape index (κ2) is 10.4. The first-order valence-electron chi connectivity index (χ1n) is 12.6. The molecule has 6 rings (SSSR count). The predicted molar refractivity (Wildman–Crippen MR) is 146 cm³/mol. The highest BCUT2D eigenvalue weighted by atomic mass is 35.5. The van der Waals surface area contributed by atoms with Crippen LogP contribution in [0.4, 0.5) is 10.6 Å². The van der Waals surface area contributed by atoms with E-state index in [-0.39, 0.29) is 37.4 Å². The Hall–Kier alpha value is -3.73. The van der Waals surface area contributed by atoms with Crippen molar-refractivity contribution < 1.29 is 14.3 Å². The molecule has 3 amide bonds. The second-order valence-corrected chi connectivity index (χ2v) is 10.5. The van der Waals surface area contributed by atoms with Gasteiger partial charge in [-0.1, -0.05) is 59.6 Å². The van der Waals surface area contributed by atoms with Gasteiger partial charge in [-0.05, 0) is 36.1 Å². The van der Waals surface area contributed by atoms with E-state index in [0.29, 0.717) is 51.9 Å². The van der Waals surface area contributed by atoms with Gasteiger partial charge in [0.25, 0.3) is 5.91 Å². The Morgan fingerprint density at radius 1 is 1.03 bits per heavy atom. The summed E-state index contributed by atoms with van der Waals surface area (Å²) < 4.78 is 8.09. The van der Waals surface area contributed by atoms with Crippen molar-refractivity contribution in [1.29, 1.82) is 0 Å². The quantitative estimate of drug-likeness (QED) is 0.328. The molecule has 0 unspecified atom stereocenters. The number of carbonyl (C=O) groups excluding carboxylic acids is 2. The third-order valence-electron chi connectivity index (χ3n) is 7.20. The minimum atomic E-state index is -0.666. The van der Waals surface area contributed by atoms with Crippen molar-refractivity contribution >= 4 is 52.1 Å². The number of hydrogen-bond donors (Lipinski definition) is 1. The lowest BCUT2D eigenvalue weighted by atomic mass is 10.0. The predicted octanol–water partition coefficient (Wildman–Crippen LogP) is 4.47. The summed E-state index contributed by atoms with van der Waals surface area (Å²) in [6.45, 7) is 0.332. The Kier molecular flexibility index (Phi) is 6.84. The van der Waals surface area contributed by atoms with Crippen LogP contribution >= 0.6 is 23.2 Å². The minimum Gasteiger partial charge on any atom is -0.382 e. The molecule has 12 heteroatoms. The minimum absolute atomic E-state index is 0.147. The van der Waals surface area contributed by atoms with E-state index in [1.807, 2.05) is 34.9 Å². The summed E-state index contributed by atoms with van der Waals surface area (Å²) in [6.07, 6.45) is 4.06. The Morgan fingerprint density at radius 3 is 2.64 bits per heavy atom. The highest BCUT2D eigenvalue weighted by Crippen LogP contribution is 2.33. The van der Waals surface area contributed by atoms with Gasteiger partial charge in [0.05, 0.1) is 19.0 Å². The molecule has 0 bridgehead atoms. The lowest BCUT2D eigenvalue weighted by molar-refractivity contribution is -0.129. The molecule has 10 nitrogen and oxygen atoms in total. The smallest absolute Gasteiger partial charge is 0.327 e. The highest BCUT2D eigenvalue weighted by molar-refractivity contribution is 6.35. The van der Waals surface area contributed by atoms with Crippen LogP contribution in [-0.4, -0.2) is 59.9 Å². The fraction of sp³-hybridized carbons (Fsp3) is 0.296. The molecule has 2 aliphatic heterocycles. The summed E-state index contributed by atoms with van der Waals surface area (Å²) in [5, 5.41) is 0.946. The molecule has 2 aromatic heterocycles. The number of halogens is 2. The molecule has 2 saturated heterocycles. The number of anilines is 1.